The molecule has 1 aliphatic heterocycles. The predicted octanol–water partition coefficient (Wildman–Crippen LogP) is -1.50. The van der Waals surface area contributed by atoms with Crippen molar-refractivity contribution in [3.05, 3.63) is 12.7 Å². The van der Waals surface area contributed by atoms with Gasteiger partial charge >= 0.3 is 23.5 Å². The number of amides is 1. The molecule has 1 saturated heterocycles. The third-order valence-electron chi connectivity index (χ3n) is 4.76. The molecule has 8 N–H and O–H groups in total. The van der Waals surface area contributed by atoms with Crippen LogP contribution in [0, 0.1) is 0 Å². The van der Waals surface area contributed by atoms with Gasteiger partial charge in [-0.05, 0) is 7.05 Å². The van der Waals surface area contributed by atoms with Crippen LogP contribution >= 0.6 is 23.5 Å². The molecule has 39 heavy (non-hydrogen) atoms. The third-order valence-corrected chi connectivity index (χ3v) is 8.56. The van der Waals surface area contributed by atoms with Crippen LogP contribution in [0.4, 0.5) is 5.82 Å². The Morgan fingerprint density at radius 2 is 1.87 bits per heavy atom. The largest absolute Gasteiger partial charge is 0.490 e. The van der Waals surface area contributed by atoms with Gasteiger partial charge in [-0.15, -0.1) is 0 Å². The molecule has 0 radical (unpaired) electrons. The lowest BCUT2D eigenvalue weighted by Gasteiger charge is -2.19. The Bertz CT molecular complexity index is 1290. The summed E-state index contributed by atoms with van der Waals surface area (Å²) in [5.74, 6) is -0.242. The number of anilines is 1. The second kappa shape index (κ2) is 13.2. The Morgan fingerprint density at radius 1 is 1.13 bits per heavy atom. The number of likely N-dealkylation sites (N-methyl/N-ethyl adjacent to an activating group) is 1. The molecule has 5 unspecified atom stereocenters. The summed E-state index contributed by atoms with van der Waals surface area (Å²) in [7, 11) is -14.9. The van der Waals surface area contributed by atoms with Crippen LogP contribution in [0.5, 0.6) is 0 Å². The fraction of sp³-hybridized carbons (Fsp3) is 0.600. The third kappa shape index (κ3) is 9.59. The zero-order valence-corrected chi connectivity index (χ0v) is 22.6. The molecule has 1 aliphatic rings. The molecule has 21 nitrogen and oxygen atoms in total. The van der Waals surface area contributed by atoms with E-state index in [1.54, 1.807) is 7.05 Å². The predicted molar refractivity (Wildman–Crippen MR) is 126 cm³/mol. The van der Waals surface area contributed by atoms with Crippen molar-refractivity contribution in [3.8, 4) is 0 Å². The maximum absolute atomic E-state index is 11.9. The number of ether oxygens (including phenoxy) is 1. The van der Waals surface area contributed by atoms with Crippen LogP contribution in [0.2, 0.25) is 0 Å². The molecule has 2 aromatic rings. The van der Waals surface area contributed by atoms with Gasteiger partial charge in [0.05, 0.1) is 19.0 Å². The number of phosphoric acid groups is 3. The molecular formula is C15H26N7O14P3. The van der Waals surface area contributed by atoms with E-state index in [4.69, 9.17) is 19.4 Å². The van der Waals surface area contributed by atoms with Crippen LogP contribution in [0.3, 0.4) is 0 Å². The number of carbonyl (C=O) groups excluding carboxylic acids is 1. The van der Waals surface area contributed by atoms with E-state index in [-0.39, 0.29) is 35.9 Å². The maximum atomic E-state index is 11.9. The molecule has 0 spiro atoms. The number of fused-ring (bicyclic) bond motifs is 1. The second-order valence-corrected chi connectivity index (χ2v) is 12.1. The van der Waals surface area contributed by atoms with E-state index in [2.05, 4.69) is 44.2 Å². The van der Waals surface area contributed by atoms with Crippen LogP contribution in [-0.4, -0.2) is 95.7 Å². The number of hydrogen-bond acceptors (Lipinski definition) is 15. The van der Waals surface area contributed by atoms with Crippen molar-refractivity contribution in [2.24, 2.45) is 0 Å². The summed E-state index contributed by atoms with van der Waals surface area (Å²) in [5, 5.41) is 15.8. The van der Waals surface area contributed by atoms with Crippen molar-refractivity contribution in [2.75, 3.05) is 38.8 Å². The fourth-order valence-electron chi connectivity index (χ4n) is 3.19. The number of hydrogen-bond donors (Lipinski definition) is 8. The number of nitrogens with one attached hydrogen (secondary N) is 3. The highest BCUT2D eigenvalue weighted by Gasteiger charge is 2.43. The molecule has 0 aromatic carbocycles. The fourth-order valence-corrected chi connectivity index (χ4v) is 6.22. The van der Waals surface area contributed by atoms with E-state index in [9.17, 15) is 33.4 Å². The van der Waals surface area contributed by atoms with Crippen molar-refractivity contribution >= 4 is 46.4 Å². The molecule has 3 heterocycles. The summed E-state index contributed by atoms with van der Waals surface area (Å²) in [6, 6.07) is 0. The Morgan fingerprint density at radius 3 is 2.56 bits per heavy atom. The second-order valence-electron chi connectivity index (χ2n) is 7.71. The summed E-state index contributed by atoms with van der Waals surface area (Å²) in [6.07, 6.45) is -0.980. The normalized spacial score (nSPS) is 22.9. The van der Waals surface area contributed by atoms with E-state index < -0.39 is 48.5 Å². The number of aliphatic hydroxyl groups excluding tert-OH is 1. The van der Waals surface area contributed by atoms with Gasteiger partial charge in [-0.1, -0.05) is 0 Å². The van der Waals surface area contributed by atoms with Gasteiger partial charge in [0.1, 0.15) is 18.7 Å². The first kappa shape index (κ1) is 31.6. The van der Waals surface area contributed by atoms with Gasteiger partial charge in [-0.3, -0.25) is 18.7 Å². The zero-order valence-electron chi connectivity index (χ0n) is 20.0. The summed E-state index contributed by atoms with van der Waals surface area (Å²) in [6.45, 7) is -0.151. The first-order valence-electron chi connectivity index (χ1n) is 10.8. The van der Waals surface area contributed by atoms with Gasteiger partial charge in [0.2, 0.25) is 5.91 Å². The molecule has 220 valence electrons. The van der Waals surface area contributed by atoms with Crippen LogP contribution in [-0.2, 0) is 41.2 Å². The van der Waals surface area contributed by atoms with Crippen LogP contribution < -0.4 is 16.1 Å². The van der Waals surface area contributed by atoms with Crippen molar-refractivity contribution in [1.82, 2.24) is 30.2 Å². The molecule has 1 fully saturated rings. The van der Waals surface area contributed by atoms with Gasteiger partial charge in [0.15, 0.2) is 23.6 Å². The Hall–Kier alpha value is -1.93. The smallest absolute Gasteiger partial charge is 0.390 e. The Labute approximate surface area is 219 Å². The zero-order chi connectivity index (χ0) is 28.8. The van der Waals surface area contributed by atoms with Gasteiger partial charge in [0, 0.05) is 19.5 Å². The van der Waals surface area contributed by atoms with Crippen LogP contribution in [0.1, 0.15) is 12.6 Å². The molecule has 0 bridgehead atoms. The van der Waals surface area contributed by atoms with Crippen LogP contribution in [0.25, 0.3) is 11.2 Å². The van der Waals surface area contributed by atoms with Crippen molar-refractivity contribution in [3.63, 3.8) is 0 Å². The number of aromatic nitrogens is 4. The molecule has 24 heteroatoms. The number of imidazole rings is 1. The minimum atomic E-state index is -5.69. The van der Waals surface area contributed by atoms with E-state index in [1.807, 2.05) is 0 Å². The van der Waals surface area contributed by atoms with Gasteiger partial charge in [-0.25, -0.2) is 34.1 Å². The minimum absolute atomic E-state index is 0.0636. The van der Waals surface area contributed by atoms with Crippen molar-refractivity contribution < 1.29 is 65.9 Å². The summed E-state index contributed by atoms with van der Waals surface area (Å²) in [5.41, 5.74) is 2.97. The molecule has 0 saturated carbocycles. The summed E-state index contributed by atoms with van der Waals surface area (Å²) >= 11 is 0. The van der Waals surface area contributed by atoms with Crippen LogP contribution in [0.15, 0.2) is 12.7 Å². The Kier molecular flexibility index (Phi) is 10.7. The SMILES string of the molecule is CNCCNC(=O)CONc1ncnc2c1ncn2C1CC(O)C(COP(=O)(O)OP(=O)(O)OP(=O)(O)O)O1. The van der Waals surface area contributed by atoms with Gasteiger partial charge < -0.3 is 40.1 Å². The summed E-state index contributed by atoms with van der Waals surface area (Å²) in [4.78, 5) is 65.1. The Balaban J connectivity index is 1.59. The minimum Gasteiger partial charge on any atom is -0.390 e. The highest BCUT2D eigenvalue weighted by Crippen LogP contribution is 2.66. The van der Waals surface area contributed by atoms with Crippen molar-refractivity contribution in [2.45, 2.75) is 24.9 Å². The average Bonchev–Trinajstić information content (AvgIpc) is 3.39. The highest BCUT2D eigenvalue weighted by atomic mass is 31.3. The van der Waals surface area contributed by atoms with E-state index in [1.165, 1.54) is 17.2 Å². The van der Waals surface area contributed by atoms with Crippen molar-refractivity contribution in [1.29, 1.82) is 0 Å². The standard InChI is InChI=1S/C15H26N7O14P3/c1-16-2-3-17-11(24)6-32-21-14-13-15(19-7-18-14)22(8-20-13)12-4-9(23)10(34-12)5-33-38(28,29)36-39(30,31)35-37(25,26)27/h7-10,12,16,23H,2-6H2,1H3,(H,17,24)(H,28,29)(H,30,31)(H,18,19,21)(H2,25,26,27). The van der Waals surface area contributed by atoms with E-state index >= 15 is 0 Å². The molecule has 5 atom stereocenters. The highest BCUT2D eigenvalue weighted by molar-refractivity contribution is 7.66. The quantitative estimate of drug-likeness (QED) is 0.0637. The maximum Gasteiger partial charge on any atom is 0.490 e. The monoisotopic (exact) mass is 621 g/mol. The number of aliphatic hydroxyl groups is 1. The molecule has 0 aliphatic carbocycles. The van der Waals surface area contributed by atoms with E-state index in [0.29, 0.717) is 13.1 Å². The first-order valence-corrected chi connectivity index (χ1v) is 15.3. The molecule has 1 amide bonds. The number of phosphoric ester groups is 1. The lowest BCUT2D eigenvalue weighted by molar-refractivity contribution is -0.124. The molecular weight excluding hydrogens is 595 g/mol. The lowest BCUT2D eigenvalue weighted by Crippen LogP contribution is -2.33. The average molecular weight is 621 g/mol. The van der Waals surface area contributed by atoms with E-state index in [0.717, 1.165) is 0 Å². The number of nitrogens with zero attached hydrogens (tertiary/aromatic N) is 4. The summed E-state index contributed by atoms with van der Waals surface area (Å²) < 4.78 is 52.9. The van der Waals surface area contributed by atoms with Gasteiger partial charge in [-0.2, -0.15) is 8.62 Å². The topological polar surface area (TPSA) is 295 Å². The lowest BCUT2D eigenvalue weighted by atomic mass is 10.2. The molecule has 3 rings (SSSR count). The number of rotatable bonds is 15. The number of carbonyl (C=O) groups is 1. The first-order chi connectivity index (χ1) is 18.2. The van der Waals surface area contributed by atoms with Gasteiger partial charge in [0.25, 0.3) is 0 Å². The molecule has 2 aromatic heterocycles.